The molecular weight excluding hydrogens is 641 g/mol. The van der Waals surface area contributed by atoms with Gasteiger partial charge in [0, 0.05) is 13.2 Å². The van der Waals surface area contributed by atoms with E-state index in [9.17, 15) is 4.79 Å². The van der Waals surface area contributed by atoms with Crippen molar-refractivity contribution < 1.29 is 32.8 Å². The number of imidazole rings is 1. The molecule has 0 aliphatic rings. The highest BCUT2D eigenvalue weighted by atomic mass is 32.5. The number of ether oxygens (including phenoxy) is 4. The van der Waals surface area contributed by atoms with Crippen molar-refractivity contribution in [3.8, 4) is 0 Å². The molecule has 12 nitrogen and oxygen atoms in total. The first-order chi connectivity index (χ1) is 22.7. The summed E-state index contributed by atoms with van der Waals surface area (Å²) in [6, 6.07) is 0. The van der Waals surface area contributed by atoms with Gasteiger partial charge in [0.15, 0.2) is 11.5 Å². The van der Waals surface area contributed by atoms with E-state index in [1.165, 1.54) is 89.8 Å². The number of nitrogens with two attached hydrogens (primary N) is 1. The number of carbonyl (C=O) groups is 1. The van der Waals surface area contributed by atoms with Crippen LogP contribution in [0.1, 0.15) is 124 Å². The Bertz CT molecular complexity index is 1160. The Morgan fingerprint density at radius 3 is 2.11 bits per heavy atom. The molecule has 270 valence electrons. The standard InChI is InChI=1S/C33H60N5O7PS/c1-5-6-7-8-9-10-11-12-13-14-15-16-17-18-20-40-21-19-22-43-46(47,44-26-41-33(39)45-28(2)3)27-42-29(4)23-38-25-37-30-31(34)35-24-36-32(30)38/h24-25,28-29H,5-23,26-27H2,1-4H3,(H2,34,35,36)/t29-,46+/m1/s1. The normalized spacial score (nSPS) is 13.6. The molecule has 0 fully saturated rings. The zero-order chi connectivity index (χ0) is 34.2. The molecule has 0 amide bonds. The lowest BCUT2D eigenvalue weighted by atomic mass is 10.0. The van der Waals surface area contributed by atoms with Crippen molar-refractivity contribution >= 4 is 41.4 Å². The Balaban J connectivity index is 1.61. The van der Waals surface area contributed by atoms with Gasteiger partial charge in [-0.05, 0) is 45.4 Å². The summed E-state index contributed by atoms with van der Waals surface area (Å²) >= 11 is 5.73. The van der Waals surface area contributed by atoms with Gasteiger partial charge in [-0.2, -0.15) is 0 Å². The summed E-state index contributed by atoms with van der Waals surface area (Å²) in [4.78, 5) is 24.3. The van der Waals surface area contributed by atoms with E-state index in [0.29, 0.717) is 43.2 Å². The van der Waals surface area contributed by atoms with Crippen molar-refractivity contribution in [3.63, 3.8) is 0 Å². The molecule has 2 heterocycles. The number of hydrogen-bond acceptors (Lipinski definition) is 12. The molecule has 0 radical (unpaired) electrons. The molecule has 2 aromatic heterocycles. The largest absolute Gasteiger partial charge is 0.510 e. The summed E-state index contributed by atoms with van der Waals surface area (Å²) < 4.78 is 35.5. The fourth-order valence-corrected chi connectivity index (χ4v) is 6.76. The van der Waals surface area contributed by atoms with Gasteiger partial charge in [0.2, 0.25) is 13.3 Å². The molecule has 0 unspecified atom stereocenters. The first-order valence-corrected chi connectivity index (χ1v) is 20.4. The molecule has 2 N–H and O–H groups in total. The van der Waals surface area contributed by atoms with Crippen LogP contribution in [-0.4, -0.2) is 70.8 Å². The van der Waals surface area contributed by atoms with Gasteiger partial charge in [-0.1, -0.05) is 90.4 Å². The number of carbonyl (C=O) groups excluding carboxylic acids is 1. The van der Waals surface area contributed by atoms with Gasteiger partial charge in [0.25, 0.3) is 0 Å². The quantitative estimate of drug-likeness (QED) is 0.0376. The Hall–Kier alpha value is -1.89. The number of nitrogen functional groups attached to an aromatic ring is 1. The van der Waals surface area contributed by atoms with Crippen molar-refractivity contribution in [1.29, 1.82) is 0 Å². The van der Waals surface area contributed by atoms with Gasteiger partial charge >= 0.3 is 6.16 Å². The second-order valence-corrected chi connectivity index (χ2v) is 15.9. The predicted octanol–water partition coefficient (Wildman–Crippen LogP) is 8.52. The molecule has 47 heavy (non-hydrogen) atoms. The Morgan fingerprint density at radius 2 is 1.47 bits per heavy atom. The van der Waals surface area contributed by atoms with Crippen molar-refractivity contribution in [1.82, 2.24) is 19.5 Å². The number of rotatable bonds is 29. The van der Waals surface area contributed by atoms with E-state index in [2.05, 4.69) is 21.9 Å². The third-order valence-electron chi connectivity index (χ3n) is 7.52. The Morgan fingerprint density at radius 1 is 0.851 bits per heavy atom. The molecule has 2 aromatic rings. The lowest BCUT2D eigenvalue weighted by molar-refractivity contribution is -0.0132. The van der Waals surface area contributed by atoms with Crippen molar-refractivity contribution in [2.75, 3.05) is 38.7 Å². The third kappa shape index (κ3) is 19.0. The first kappa shape index (κ1) is 41.3. The second kappa shape index (κ2) is 25.1. The van der Waals surface area contributed by atoms with Crippen LogP contribution >= 0.6 is 6.49 Å². The molecule has 0 saturated heterocycles. The zero-order valence-electron chi connectivity index (χ0n) is 29.2. The highest BCUT2D eigenvalue weighted by molar-refractivity contribution is 8.09. The number of anilines is 1. The first-order valence-electron chi connectivity index (χ1n) is 17.6. The number of aromatic nitrogens is 4. The number of unbranched alkanes of at least 4 members (excludes halogenated alkanes) is 13. The van der Waals surface area contributed by atoms with Crippen LogP contribution in [0, 0.1) is 0 Å². The molecule has 0 saturated carbocycles. The maximum absolute atomic E-state index is 11.8. The number of fused-ring (bicyclic) bond motifs is 1. The summed E-state index contributed by atoms with van der Waals surface area (Å²) in [7, 11) is 0. The van der Waals surface area contributed by atoms with E-state index in [1.54, 1.807) is 20.2 Å². The van der Waals surface area contributed by atoms with Gasteiger partial charge in [-0.25, -0.2) is 19.7 Å². The van der Waals surface area contributed by atoms with Crippen LogP contribution in [0.4, 0.5) is 10.6 Å². The molecule has 2 atom stereocenters. The summed E-state index contributed by atoms with van der Waals surface area (Å²) in [6.45, 7) is 6.40. The van der Waals surface area contributed by atoms with E-state index < -0.39 is 19.4 Å². The van der Waals surface area contributed by atoms with Crippen LogP contribution in [0.2, 0.25) is 0 Å². The monoisotopic (exact) mass is 701 g/mol. The SMILES string of the molecule is CCCCCCCCCCCCCCCCOCCCO[P@@](=S)(CO[C@H](C)Cn1cnc2c(N)ncnc21)OCOC(=O)OC(C)C. The molecule has 2 rings (SSSR count). The maximum atomic E-state index is 11.8. The summed E-state index contributed by atoms with van der Waals surface area (Å²) in [5, 5.41) is 0. The van der Waals surface area contributed by atoms with E-state index in [4.69, 9.17) is 45.5 Å². The van der Waals surface area contributed by atoms with Gasteiger partial charge in [-0.3, -0.25) is 4.52 Å². The maximum Gasteiger partial charge on any atom is 0.510 e. The lowest BCUT2D eigenvalue weighted by Crippen LogP contribution is -2.19. The minimum atomic E-state index is -2.95. The molecule has 0 spiro atoms. The second-order valence-electron chi connectivity index (χ2n) is 12.2. The summed E-state index contributed by atoms with van der Waals surface area (Å²) in [6.07, 6.45) is 21.0. The van der Waals surface area contributed by atoms with Crippen molar-refractivity contribution in [2.24, 2.45) is 0 Å². The van der Waals surface area contributed by atoms with E-state index in [0.717, 1.165) is 13.0 Å². The van der Waals surface area contributed by atoms with Crippen molar-refractivity contribution in [2.45, 2.75) is 143 Å². The van der Waals surface area contributed by atoms with Crippen LogP contribution in [0.5, 0.6) is 0 Å². The van der Waals surface area contributed by atoms with Crippen LogP contribution in [0.25, 0.3) is 11.2 Å². The summed E-state index contributed by atoms with van der Waals surface area (Å²) in [5.41, 5.74) is 7.05. The molecule has 0 aromatic carbocycles. The number of nitrogens with zero attached hydrogens (tertiary/aromatic N) is 4. The fourth-order valence-electron chi connectivity index (χ4n) is 4.94. The van der Waals surface area contributed by atoms with E-state index in [1.807, 2.05) is 11.5 Å². The van der Waals surface area contributed by atoms with Crippen LogP contribution < -0.4 is 5.73 Å². The highest BCUT2D eigenvalue weighted by Crippen LogP contribution is 2.49. The molecule has 0 aliphatic carbocycles. The van der Waals surface area contributed by atoms with Gasteiger partial charge < -0.3 is 33.8 Å². The number of hydrogen-bond donors (Lipinski definition) is 1. The average molecular weight is 702 g/mol. The minimum Gasteiger partial charge on any atom is -0.432 e. The van der Waals surface area contributed by atoms with Crippen molar-refractivity contribution in [3.05, 3.63) is 12.7 Å². The highest BCUT2D eigenvalue weighted by Gasteiger charge is 2.23. The third-order valence-corrected chi connectivity index (χ3v) is 10.0. The molecular formula is C33H60N5O7PS. The molecule has 0 aliphatic heterocycles. The van der Waals surface area contributed by atoms with Gasteiger partial charge in [0.1, 0.15) is 18.2 Å². The van der Waals surface area contributed by atoms with Gasteiger partial charge in [-0.15, -0.1) is 0 Å². The van der Waals surface area contributed by atoms with Crippen LogP contribution in [0.15, 0.2) is 12.7 Å². The lowest BCUT2D eigenvalue weighted by Gasteiger charge is -2.24. The average Bonchev–Trinajstić information content (AvgIpc) is 3.44. The van der Waals surface area contributed by atoms with Crippen LogP contribution in [0.3, 0.4) is 0 Å². The fraction of sp³-hybridized carbons (Fsp3) is 0.818. The smallest absolute Gasteiger partial charge is 0.432 e. The topological polar surface area (TPSA) is 142 Å². The zero-order valence-corrected chi connectivity index (χ0v) is 30.9. The summed E-state index contributed by atoms with van der Waals surface area (Å²) in [5.74, 6) is 0.319. The predicted molar refractivity (Wildman–Crippen MR) is 190 cm³/mol. The van der Waals surface area contributed by atoms with E-state index >= 15 is 0 Å². The minimum absolute atomic E-state index is 0.0236. The van der Waals surface area contributed by atoms with E-state index in [-0.39, 0.29) is 18.6 Å². The van der Waals surface area contributed by atoms with Gasteiger partial charge in [0.05, 0.1) is 31.7 Å². The van der Waals surface area contributed by atoms with Crippen LogP contribution in [-0.2, 0) is 46.3 Å². The Labute approximate surface area is 287 Å². The molecule has 14 heteroatoms. The molecule has 0 bridgehead atoms. The Kier molecular flexibility index (Phi) is 22.1.